The van der Waals surface area contributed by atoms with Crippen molar-refractivity contribution in [1.29, 1.82) is 0 Å². The zero-order valence-corrected chi connectivity index (χ0v) is 14.1. The van der Waals surface area contributed by atoms with E-state index in [0.717, 1.165) is 11.4 Å². The predicted molar refractivity (Wildman–Crippen MR) is 95.6 cm³/mol. The lowest BCUT2D eigenvalue weighted by molar-refractivity contribution is 0.213. The van der Waals surface area contributed by atoms with Gasteiger partial charge in [0.15, 0.2) is 0 Å². The maximum absolute atomic E-state index is 10.2. The van der Waals surface area contributed by atoms with Crippen LogP contribution in [0.2, 0.25) is 0 Å². The predicted octanol–water partition coefficient (Wildman–Crippen LogP) is 2.54. The molecule has 124 valence electrons. The van der Waals surface area contributed by atoms with Crippen molar-refractivity contribution in [2.75, 3.05) is 17.6 Å². The number of anilines is 1. The minimum Gasteiger partial charge on any atom is -0.390 e. The second kappa shape index (κ2) is 7.94. The van der Waals surface area contributed by atoms with Crippen molar-refractivity contribution in [3.05, 3.63) is 60.2 Å². The molecule has 0 bridgehead atoms. The summed E-state index contributed by atoms with van der Waals surface area (Å²) in [6, 6.07) is 17.8. The Hall–Kier alpha value is -2.38. The minimum absolute atomic E-state index is 0.475. The Morgan fingerprint density at radius 1 is 1.12 bits per heavy atom. The van der Waals surface area contributed by atoms with Gasteiger partial charge in [-0.25, -0.2) is 0 Å². The quantitative estimate of drug-likeness (QED) is 0.643. The van der Waals surface area contributed by atoms with Crippen LogP contribution in [0.5, 0.6) is 0 Å². The molecule has 3 rings (SSSR count). The second-order valence-electron chi connectivity index (χ2n) is 5.42. The van der Waals surface area contributed by atoms with Gasteiger partial charge in [-0.1, -0.05) is 47.7 Å². The van der Waals surface area contributed by atoms with Gasteiger partial charge in [0.1, 0.15) is 0 Å². The fourth-order valence-corrected chi connectivity index (χ4v) is 2.95. The lowest BCUT2D eigenvalue weighted by Crippen LogP contribution is -2.22. The zero-order valence-electron chi connectivity index (χ0n) is 13.3. The average Bonchev–Trinajstić information content (AvgIpc) is 3.09. The van der Waals surface area contributed by atoms with Crippen molar-refractivity contribution in [2.24, 2.45) is 0 Å². The highest BCUT2D eigenvalue weighted by Gasteiger charge is 2.12. The molecule has 0 amide bonds. The van der Waals surface area contributed by atoms with Crippen LogP contribution < -0.4 is 5.32 Å². The van der Waals surface area contributed by atoms with Gasteiger partial charge >= 0.3 is 0 Å². The van der Waals surface area contributed by atoms with Crippen molar-refractivity contribution in [2.45, 2.75) is 18.2 Å². The van der Waals surface area contributed by atoms with Crippen LogP contribution in [0.25, 0.3) is 5.69 Å². The highest BCUT2D eigenvalue weighted by molar-refractivity contribution is 7.99. The molecule has 0 radical (unpaired) electrons. The Morgan fingerprint density at radius 3 is 2.62 bits per heavy atom. The monoisotopic (exact) mass is 341 g/mol. The SMILES string of the molecule is Cc1ccc(NCC(O)CSc2nnnn2-c2ccccc2)cc1. The molecule has 2 N–H and O–H groups in total. The summed E-state index contributed by atoms with van der Waals surface area (Å²) >= 11 is 1.43. The number of thioether (sulfide) groups is 1. The maximum Gasteiger partial charge on any atom is 0.214 e. The van der Waals surface area contributed by atoms with Crippen molar-refractivity contribution in [3.63, 3.8) is 0 Å². The fourth-order valence-electron chi connectivity index (χ4n) is 2.14. The van der Waals surface area contributed by atoms with Gasteiger partial charge in [0.05, 0.1) is 11.8 Å². The van der Waals surface area contributed by atoms with Gasteiger partial charge in [-0.15, -0.1) is 5.10 Å². The third-order valence-corrected chi connectivity index (χ3v) is 4.50. The summed E-state index contributed by atoms with van der Waals surface area (Å²) in [5.41, 5.74) is 3.11. The summed E-state index contributed by atoms with van der Waals surface area (Å²) in [5, 5.41) is 25.8. The Morgan fingerprint density at radius 2 is 1.88 bits per heavy atom. The molecule has 0 aliphatic heterocycles. The van der Waals surface area contributed by atoms with Gasteiger partial charge < -0.3 is 10.4 Å². The molecular weight excluding hydrogens is 322 g/mol. The van der Waals surface area contributed by atoms with Gasteiger partial charge in [-0.05, 0) is 41.6 Å². The van der Waals surface area contributed by atoms with Gasteiger partial charge in [0, 0.05) is 18.0 Å². The van der Waals surface area contributed by atoms with Crippen molar-refractivity contribution in [3.8, 4) is 5.69 Å². The number of para-hydroxylation sites is 1. The standard InChI is InChI=1S/C17H19N5OS/c1-13-7-9-14(10-8-13)18-11-16(23)12-24-17-19-20-21-22(17)15-5-3-2-4-6-15/h2-10,16,18,23H,11-12H2,1H3. The summed E-state index contributed by atoms with van der Waals surface area (Å²) in [6.07, 6.45) is -0.503. The van der Waals surface area contributed by atoms with Crippen LogP contribution >= 0.6 is 11.8 Å². The van der Waals surface area contributed by atoms with Gasteiger partial charge in [0.25, 0.3) is 0 Å². The lowest BCUT2D eigenvalue weighted by atomic mass is 10.2. The number of hydrogen-bond donors (Lipinski definition) is 2. The molecule has 3 aromatic rings. The van der Waals surface area contributed by atoms with E-state index in [1.807, 2.05) is 61.5 Å². The number of rotatable bonds is 7. The van der Waals surface area contributed by atoms with Crippen LogP contribution in [0.15, 0.2) is 59.8 Å². The highest BCUT2D eigenvalue weighted by Crippen LogP contribution is 2.19. The smallest absolute Gasteiger partial charge is 0.214 e. The third-order valence-electron chi connectivity index (χ3n) is 3.44. The Balaban J connectivity index is 1.53. The first-order valence-corrected chi connectivity index (χ1v) is 8.66. The number of aliphatic hydroxyl groups is 1. The van der Waals surface area contributed by atoms with Crippen molar-refractivity contribution in [1.82, 2.24) is 20.2 Å². The molecule has 7 heteroatoms. The molecule has 2 aromatic carbocycles. The van der Waals surface area contributed by atoms with Gasteiger partial charge in [-0.3, -0.25) is 0 Å². The van der Waals surface area contributed by atoms with Crippen LogP contribution in [-0.2, 0) is 0 Å². The minimum atomic E-state index is -0.503. The molecule has 1 atom stereocenters. The topological polar surface area (TPSA) is 75.9 Å². The number of aliphatic hydroxyl groups excluding tert-OH is 1. The van der Waals surface area contributed by atoms with Crippen molar-refractivity contribution >= 4 is 17.4 Å². The van der Waals surface area contributed by atoms with E-state index in [0.29, 0.717) is 17.5 Å². The van der Waals surface area contributed by atoms with Crippen LogP contribution in [-0.4, -0.2) is 43.7 Å². The zero-order chi connectivity index (χ0) is 16.8. The highest BCUT2D eigenvalue weighted by atomic mass is 32.2. The molecular formula is C17H19N5OS. The Labute approximate surface area is 144 Å². The van der Waals surface area contributed by atoms with E-state index in [9.17, 15) is 5.11 Å². The molecule has 1 unspecified atom stereocenters. The maximum atomic E-state index is 10.2. The summed E-state index contributed by atoms with van der Waals surface area (Å²) in [5.74, 6) is 0.506. The Bertz CT molecular complexity index is 760. The van der Waals surface area contributed by atoms with E-state index in [1.54, 1.807) is 4.68 Å². The first-order valence-electron chi connectivity index (χ1n) is 7.67. The van der Waals surface area contributed by atoms with Crippen LogP contribution in [0.1, 0.15) is 5.56 Å². The van der Waals surface area contributed by atoms with Gasteiger partial charge in [0.2, 0.25) is 5.16 Å². The first kappa shape index (κ1) is 16.5. The molecule has 1 heterocycles. The number of nitrogens with zero attached hydrogens (tertiary/aromatic N) is 4. The lowest BCUT2D eigenvalue weighted by Gasteiger charge is -2.12. The largest absolute Gasteiger partial charge is 0.390 e. The number of nitrogens with one attached hydrogen (secondary N) is 1. The number of aromatic nitrogens is 4. The number of aryl methyl sites for hydroxylation is 1. The Kier molecular flexibility index (Phi) is 5.45. The fraction of sp³-hybridized carbons (Fsp3) is 0.235. The number of benzene rings is 2. The molecule has 24 heavy (non-hydrogen) atoms. The number of hydrogen-bond acceptors (Lipinski definition) is 6. The molecule has 0 aliphatic rings. The molecule has 0 spiro atoms. The summed E-state index contributed by atoms with van der Waals surface area (Å²) < 4.78 is 1.67. The summed E-state index contributed by atoms with van der Waals surface area (Å²) in [4.78, 5) is 0. The first-order chi connectivity index (χ1) is 11.7. The third kappa shape index (κ3) is 4.33. The van der Waals surface area contributed by atoms with Crippen LogP contribution in [0, 0.1) is 6.92 Å². The van der Waals surface area contributed by atoms with E-state index >= 15 is 0 Å². The van der Waals surface area contributed by atoms with Gasteiger partial charge in [-0.2, -0.15) is 4.68 Å². The summed E-state index contributed by atoms with van der Waals surface area (Å²) in [6.45, 7) is 2.52. The molecule has 0 fully saturated rings. The van der Waals surface area contributed by atoms with Crippen LogP contribution in [0.4, 0.5) is 5.69 Å². The second-order valence-corrected chi connectivity index (χ2v) is 6.41. The number of tetrazole rings is 1. The molecule has 1 aromatic heterocycles. The normalized spacial score (nSPS) is 12.1. The van der Waals surface area contributed by atoms with Crippen LogP contribution in [0.3, 0.4) is 0 Å². The summed E-state index contributed by atoms with van der Waals surface area (Å²) in [7, 11) is 0. The molecule has 6 nitrogen and oxygen atoms in total. The van der Waals surface area contributed by atoms with E-state index in [2.05, 4.69) is 20.8 Å². The van der Waals surface area contributed by atoms with E-state index in [4.69, 9.17) is 0 Å². The average molecular weight is 341 g/mol. The van der Waals surface area contributed by atoms with E-state index in [1.165, 1.54) is 17.3 Å². The van der Waals surface area contributed by atoms with Crippen molar-refractivity contribution < 1.29 is 5.11 Å². The van der Waals surface area contributed by atoms with E-state index in [-0.39, 0.29) is 0 Å². The molecule has 0 saturated carbocycles. The molecule has 0 saturated heterocycles. The van der Waals surface area contributed by atoms with E-state index < -0.39 is 6.10 Å². The molecule has 0 aliphatic carbocycles.